The summed E-state index contributed by atoms with van der Waals surface area (Å²) in [5.74, 6) is 0. The molecule has 0 amide bonds. The lowest BCUT2D eigenvalue weighted by atomic mass is 10.2. The molecule has 1 heteroatoms. The zero-order chi connectivity index (χ0) is 17.2. The Morgan fingerprint density at radius 3 is 1.46 bits per heavy atom. The molecule has 24 heavy (non-hydrogen) atoms. The highest BCUT2D eigenvalue weighted by molar-refractivity contribution is 7.13. The van der Waals surface area contributed by atoms with Crippen molar-refractivity contribution < 1.29 is 0 Å². The third kappa shape index (κ3) is 2.74. The van der Waals surface area contributed by atoms with E-state index in [0.717, 1.165) is 0 Å². The molecule has 0 aliphatic rings. The standard InChI is InChI=1S/C23H26Si/c1-19-12-11-17-22(18-19)24(23(2,3)4,20-13-7-5-8-14-20)21-15-9-6-10-16-21/h5-18H,1-4H3. The van der Waals surface area contributed by atoms with Crippen molar-refractivity contribution in [3.05, 3.63) is 90.5 Å². The molecular formula is C23H26Si. The maximum absolute atomic E-state index is 2.40. The predicted molar refractivity (Wildman–Crippen MR) is 108 cm³/mol. The van der Waals surface area contributed by atoms with Crippen LogP contribution in [0.4, 0.5) is 0 Å². The molecular weight excluding hydrogens is 304 g/mol. The van der Waals surface area contributed by atoms with Crippen molar-refractivity contribution in [2.24, 2.45) is 0 Å². The van der Waals surface area contributed by atoms with E-state index in [4.69, 9.17) is 0 Å². The lowest BCUT2D eigenvalue weighted by Crippen LogP contribution is -2.72. The Balaban J connectivity index is 2.43. The van der Waals surface area contributed by atoms with Crippen molar-refractivity contribution in [1.29, 1.82) is 0 Å². The SMILES string of the molecule is Cc1cccc([Si](c2ccccc2)(c2ccccc2)C(C)(C)C)c1. The third-order valence-electron chi connectivity index (χ3n) is 4.99. The van der Waals surface area contributed by atoms with Crippen molar-refractivity contribution in [2.75, 3.05) is 0 Å². The minimum Gasteiger partial charge on any atom is -0.0624 e. The van der Waals surface area contributed by atoms with E-state index in [-0.39, 0.29) is 5.04 Å². The average molecular weight is 331 g/mol. The summed E-state index contributed by atoms with van der Waals surface area (Å²) in [6.07, 6.45) is 0. The molecule has 0 aromatic heterocycles. The summed E-state index contributed by atoms with van der Waals surface area (Å²) in [4.78, 5) is 0. The van der Waals surface area contributed by atoms with E-state index in [1.165, 1.54) is 21.1 Å². The Morgan fingerprint density at radius 2 is 1.04 bits per heavy atom. The molecule has 3 aromatic carbocycles. The van der Waals surface area contributed by atoms with E-state index in [9.17, 15) is 0 Å². The summed E-state index contributed by atoms with van der Waals surface area (Å²) in [7, 11) is -2.16. The molecule has 0 heterocycles. The molecule has 122 valence electrons. The van der Waals surface area contributed by atoms with E-state index in [1.54, 1.807) is 0 Å². The lowest BCUT2D eigenvalue weighted by Gasteiger charge is -2.44. The van der Waals surface area contributed by atoms with Gasteiger partial charge < -0.3 is 0 Å². The summed E-state index contributed by atoms with van der Waals surface area (Å²) in [5.41, 5.74) is 1.33. The Kier molecular flexibility index (Phi) is 4.47. The zero-order valence-electron chi connectivity index (χ0n) is 15.1. The monoisotopic (exact) mass is 330 g/mol. The van der Waals surface area contributed by atoms with Crippen LogP contribution in [-0.2, 0) is 0 Å². The molecule has 0 aliphatic heterocycles. The van der Waals surface area contributed by atoms with Gasteiger partial charge >= 0.3 is 0 Å². The predicted octanol–water partition coefficient (Wildman–Crippen LogP) is 4.27. The molecule has 0 N–H and O–H groups in total. The van der Waals surface area contributed by atoms with Crippen molar-refractivity contribution in [2.45, 2.75) is 32.7 Å². The van der Waals surface area contributed by atoms with Gasteiger partial charge in [0.25, 0.3) is 0 Å². The molecule has 0 atom stereocenters. The molecule has 0 aliphatic carbocycles. The van der Waals surface area contributed by atoms with Crippen LogP contribution in [-0.4, -0.2) is 8.07 Å². The summed E-state index contributed by atoms with van der Waals surface area (Å²) in [6.45, 7) is 9.41. The Hall–Kier alpha value is -2.12. The minimum absolute atomic E-state index is 0.156. The first-order valence-electron chi connectivity index (χ1n) is 8.64. The van der Waals surface area contributed by atoms with Gasteiger partial charge in [0.1, 0.15) is 0 Å². The van der Waals surface area contributed by atoms with Gasteiger partial charge in [0.15, 0.2) is 8.07 Å². The summed E-state index contributed by atoms with van der Waals surface area (Å²) in [5, 5.41) is 4.61. The number of hydrogen-bond donors (Lipinski definition) is 0. The highest BCUT2D eigenvalue weighted by Gasteiger charge is 2.48. The third-order valence-corrected chi connectivity index (χ3v) is 10.8. The van der Waals surface area contributed by atoms with E-state index >= 15 is 0 Å². The van der Waals surface area contributed by atoms with Crippen LogP contribution >= 0.6 is 0 Å². The van der Waals surface area contributed by atoms with Gasteiger partial charge in [0.05, 0.1) is 0 Å². The van der Waals surface area contributed by atoms with Gasteiger partial charge in [-0.25, -0.2) is 0 Å². The van der Waals surface area contributed by atoms with Crippen LogP contribution in [0.1, 0.15) is 26.3 Å². The second-order valence-corrected chi connectivity index (χ2v) is 12.3. The van der Waals surface area contributed by atoms with Crippen LogP contribution in [0.3, 0.4) is 0 Å². The smallest absolute Gasteiger partial charge is 0.0624 e. The van der Waals surface area contributed by atoms with Crippen LogP contribution in [0.2, 0.25) is 5.04 Å². The van der Waals surface area contributed by atoms with Crippen molar-refractivity contribution >= 4 is 23.6 Å². The van der Waals surface area contributed by atoms with Crippen LogP contribution < -0.4 is 15.6 Å². The van der Waals surface area contributed by atoms with E-state index in [2.05, 4.69) is 113 Å². The average Bonchev–Trinajstić information content (AvgIpc) is 2.56. The lowest BCUT2D eigenvalue weighted by molar-refractivity contribution is 0.739. The fourth-order valence-electron chi connectivity index (χ4n) is 4.05. The number of aryl methyl sites for hydroxylation is 1. The molecule has 0 fully saturated rings. The minimum atomic E-state index is -2.16. The molecule has 0 spiro atoms. The van der Waals surface area contributed by atoms with Crippen molar-refractivity contribution in [1.82, 2.24) is 0 Å². The Morgan fingerprint density at radius 1 is 0.583 bits per heavy atom. The fraction of sp³-hybridized carbons (Fsp3) is 0.217. The fourth-order valence-corrected chi connectivity index (χ4v) is 9.83. The maximum atomic E-state index is 2.40. The maximum Gasteiger partial charge on any atom is 0.153 e. The molecule has 0 saturated heterocycles. The van der Waals surface area contributed by atoms with Crippen LogP contribution in [0, 0.1) is 6.92 Å². The van der Waals surface area contributed by atoms with Crippen LogP contribution in [0.25, 0.3) is 0 Å². The number of rotatable bonds is 3. The molecule has 0 radical (unpaired) electrons. The summed E-state index contributed by atoms with van der Waals surface area (Å²) in [6, 6.07) is 31.4. The van der Waals surface area contributed by atoms with Gasteiger partial charge in [-0.2, -0.15) is 0 Å². The van der Waals surface area contributed by atoms with Crippen molar-refractivity contribution in [3.8, 4) is 0 Å². The highest BCUT2D eigenvalue weighted by atomic mass is 28.3. The van der Waals surface area contributed by atoms with Gasteiger partial charge in [0.2, 0.25) is 0 Å². The molecule has 0 bridgehead atoms. The van der Waals surface area contributed by atoms with Gasteiger partial charge in [-0.1, -0.05) is 111 Å². The second kappa shape index (κ2) is 6.41. The molecule has 0 nitrogen and oxygen atoms in total. The Bertz CT molecular complexity index is 759. The number of hydrogen-bond acceptors (Lipinski definition) is 0. The van der Waals surface area contributed by atoms with Gasteiger partial charge in [0, 0.05) is 0 Å². The first-order valence-corrected chi connectivity index (χ1v) is 10.6. The highest BCUT2D eigenvalue weighted by Crippen LogP contribution is 2.35. The molecule has 0 unspecified atom stereocenters. The first kappa shape index (κ1) is 16.7. The topological polar surface area (TPSA) is 0 Å². The summed E-state index contributed by atoms with van der Waals surface area (Å²) >= 11 is 0. The zero-order valence-corrected chi connectivity index (χ0v) is 16.1. The Labute approximate surface area is 147 Å². The van der Waals surface area contributed by atoms with E-state index in [1.807, 2.05) is 0 Å². The largest absolute Gasteiger partial charge is 0.153 e. The van der Waals surface area contributed by atoms with Gasteiger partial charge in [-0.05, 0) is 27.5 Å². The molecule has 3 aromatic rings. The van der Waals surface area contributed by atoms with E-state index < -0.39 is 8.07 Å². The first-order chi connectivity index (χ1) is 11.5. The number of benzene rings is 3. The van der Waals surface area contributed by atoms with Crippen LogP contribution in [0.15, 0.2) is 84.9 Å². The molecule has 3 rings (SSSR count). The van der Waals surface area contributed by atoms with Crippen molar-refractivity contribution in [3.63, 3.8) is 0 Å². The van der Waals surface area contributed by atoms with Gasteiger partial charge in [-0.3, -0.25) is 0 Å². The van der Waals surface area contributed by atoms with Gasteiger partial charge in [-0.15, -0.1) is 0 Å². The molecule has 0 saturated carbocycles. The van der Waals surface area contributed by atoms with Crippen LogP contribution in [0.5, 0.6) is 0 Å². The normalized spacial score (nSPS) is 12.2. The van der Waals surface area contributed by atoms with E-state index in [0.29, 0.717) is 0 Å². The summed E-state index contributed by atoms with van der Waals surface area (Å²) < 4.78 is 0. The quantitative estimate of drug-likeness (QED) is 0.497. The second-order valence-electron chi connectivity index (χ2n) is 7.60.